The first kappa shape index (κ1) is 39.9. The lowest BCUT2D eigenvalue weighted by atomic mass is 9.80. The van der Waals surface area contributed by atoms with Crippen molar-refractivity contribution in [2.24, 2.45) is 0 Å². The molecule has 0 amide bonds. The van der Waals surface area contributed by atoms with E-state index in [0.29, 0.717) is 38.8 Å². The van der Waals surface area contributed by atoms with E-state index in [1.54, 1.807) is 78.9 Å². The summed E-state index contributed by atoms with van der Waals surface area (Å²) < 4.78 is 478. The largest absolute Gasteiger partial charge is 0.456 e. The summed E-state index contributed by atoms with van der Waals surface area (Å²) in [5.41, 5.74) is 0.237. The number of fused-ring (bicyclic) bond motifs is 22. The molecule has 3 heteroatoms. The van der Waals surface area contributed by atoms with Crippen LogP contribution in [0.4, 0.5) is 0 Å². The van der Waals surface area contributed by atoms with Gasteiger partial charge in [-0.1, -0.05) is 389 Å². The summed E-state index contributed by atoms with van der Waals surface area (Å²) in [6.07, 6.45) is 0. The molecule has 3 aromatic heterocycles. The van der Waals surface area contributed by atoms with Crippen LogP contribution in [0.2, 0.25) is 0 Å². The first-order valence-electron chi connectivity index (χ1n) is 66.4. The lowest BCUT2D eigenvalue weighted by Crippen LogP contribution is -2.14. The molecule has 3 heterocycles. The summed E-state index contributed by atoms with van der Waals surface area (Å²) in [5.74, 6) is 0. The summed E-state index contributed by atoms with van der Waals surface area (Å²) >= 11 is 0. The molecule has 1 aliphatic rings. The number of hydrogen-bond acceptors (Lipinski definition) is 3. The number of rotatable bonds is 7. The molecule has 3 nitrogen and oxygen atoms in total. The maximum absolute atomic E-state index is 9.85. The summed E-state index contributed by atoms with van der Waals surface area (Å²) in [6.45, 7) is 4.09. The average molecular weight is 1710 g/mol. The molecule has 0 unspecified atom stereocenters. The Kier molecular flexibility index (Phi) is 9.11. The predicted molar refractivity (Wildman–Crippen MR) is 552 cm³/mol. The molecule has 0 atom stereocenters. The molecule has 0 saturated heterocycles. The van der Waals surface area contributed by atoms with Gasteiger partial charge in [0.1, 0.15) is 33.5 Å². The standard InChI is InChI=1S/C45H30O.C42H26O.C40H24O/c1-45(2)38-20-10-9-18-34(38)44-35(19-11-21-39(44)45)43-32-16-7-5-14-30(32)42(31-15-6-8-17-33(31)43)29-22-23-40-36(25-29)37-24-27-12-3-4-13-28(27)26-41(37)46-40;1-2-12-27(13-3-1)31-16-6-7-17-32(31)42-35-20-10-8-18-33(35)41(34-19-9-11-21-36(34)42)30-22-23-39-37(25-30)38-24-28-14-4-5-15-29(28)26-40(38)43-39;1-2-12-27-24-38-36(22-26(27)11-1)35-23-28(20-21-37(35)41-38)39-31-15-5-7-17-33(31)40(34-18-8-6-16-32(34)39)30-19-9-13-25-10-3-4-14-29(25)30/h3-26H,1-2H3;1-26H;1-24H/i3D,4D,5D,6D,7D,8D,12D,13D,14D,15D,16D,17D,22D,23D,24D,25D,26D;4D,5D,8D,9D,10D,11D,14D,15D,18D,19D,20D,21D,22D,23D,24D,25D,26D;1D,2D,5D,6D,7D,8D,11D,12D,15D,16D,17D,18D,20D,21D,22D,23D,24D. The molecule has 130 heavy (non-hydrogen) atoms. The molecule has 606 valence electrons. The monoisotopic (exact) mass is 1700 g/mol. The van der Waals surface area contributed by atoms with Crippen LogP contribution in [0.15, 0.2) is 461 Å². The number of furan rings is 3. The van der Waals surface area contributed by atoms with Crippen molar-refractivity contribution in [2.45, 2.75) is 19.3 Å². The average Bonchev–Trinajstić information content (AvgIpc) is 1.11. The molecule has 0 fully saturated rings. The molecule has 27 aromatic rings. The van der Waals surface area contributed by atoms with E-state index in [2.05, 4.69) is 0 Å². The van der Waals surface area contributed by atoms with Gasteiger partial charge in [-0.15, -0.1) is 0 Å². The van der Waals surface area contributed by atoms with Crippen LogP contribution in [-0.4, -0.2) is 0 Å². The number of hydrogen-bond donors (Lipinski definition) is 0. The van der Waals surface area contributed by atoms with Crippen molar-refractivity contribution >= 4 is 174 Å². The van der Waals surface area contributed by atoms with Crippen LogP contribution in [-0.2, 0) is 5.41 Å². The Labute approximate surface area is 821 Å². The molecular weight excluding hydrogens is 1570 g/mol. The second-order valence-electron chi connectivity index (χ2n) is 31.4. The summed E-state index contributed by atoms with van der Waals surface area (Å²) in [7, 11) is 0. The van der Waals surface area contributed by atoms with E-state index in [1.807, 2.05) is 74.5 Å². The third-order valence-corrected chi connectivity index (χ3v) is 24.0. The molecule has 0 saturated carbocycles. The lowest BCUT2D eigenvalue weighted by Gasteiger charge is -2.22. The highest BCUT2D eigenvalue weighted by Gasteiger charge is 2.37. The molecule has 0 aliphatic heterocycles. The van der Waals surface area contributed by atoms with Gasteiger partial charge >= 0.3 is 0 Å². The van der Waals surface area contributed by atoms with Gasteiger partial charge in [0.2, 0.25) is 0 Å². The van der Waals surface area contributed by atoms with E-state index in [4.69, 9.17) is 50.3 Å². The van der Waals surface area contributed by atoms with Crippen molar-refractivity contribution in [2.75, 3.05) is 0 Å². The molecule has 24 aromatic carbocycles. The van der Waals surface area contributed by atoms with Crippen molar-refractivity contribution in [3.8, 4) is 89.0 Å². The van der Waals surface area contributed by atoms with Crippen LogP contribution in [0, 0.1) is 0 Å². The molecule has 1 aliphatic carbocycles. The topological polar surface area (TPSA) is 39.4 Å². The normalized spacial score (nSPS) is 17.9. The fourth-order valence-electron chi connectivity index (χ4n) is 18.4. The zero-order chi connectivity index (χ0) is 130. The third-order valence-electron chi connectivity index (χ3n) is 24.0. The van der Waals surface area contributed by atoms with Crippen molar-refractivity contribution in [3.05, 3.63) is 459 Å². The summed E-state index contributed by atoms with van der Waals surface area (Å²) in [4.78, 5) is 0. The van der Waals surface area contributed by atoms with Gasteiger partial charge < -0.3 is 13.3 Å². The molecule has 0 N–H and O–H groups in total. The summed E-state index contributed by atoms with van der Waals surface area (Å²) in [6, 6.07) is 8.51. The minimum Gasteiger partial charge on any atom is -0.456 e. The Morgan fingerprint density at radius 3 is 0.869 bits per heavy atom. The van der Waals surface area contributed by atoms with Gasteiger partial charge in [-0.2, -0.15) is 0 Å². The predicted octanol–water partition coefficient (Wildman–Crippen LogP) is 36.3. The SMILES string of the molecule is [2H]c1c(-c2c3c([2H])c([2H])c([2H])c([2H])c3c(-c3cccc4c3-c3ccccc3C4(C)C)c3c([2H])c([2H])c([2H])c([2H])c23)c([2H])c2c(oc3c([2H])c4c([2H])c([2H])c([2H])c([2H])c4c([2H])c32)c1[2H].[2H]c1c(-c2c3c([2H])c([2H])c([2H])c([2H])c3c(-c3cccc4ccccc34)c3c([2H])c([2H])c([2H])c([2H])c23)c([2H])c2c(oc3c([2H])c4c([2H])c([2H])c([2H])c([2H])c4c([2H])c32)c1[2H].[2H]c1c(-c2c3c([2H])c([2H])c([2H])c([2H])c3c(-c3ccccc3-c3ccccc3)c3c([2H])c([2H])c([2H])c([2H])c23)c([2H])c2c(oc3c([2H])c4c([2H])c([2H])c([2H])c([2H])c4c([2H])c32)c1[2H]. The van der Waals surface area contributed by atoms with Crippen molar-refractivity contribution < 1.29 is 83.2 Å². The molecule has 0 spiro atoms. The van der Waals surface area contributed by atoms with Gasteiger partial charge in [0.25, 0.3) is 0 Å². The zero-order valence-electron chi connectivity index (χ0n) is 119. The first-order valence-corrected chi connectivity index (χ1v) is 40.9. The Bertz CT molecular complexity index is 12500. The van der Waals surface area contributed by atoms with E-state index in [9.17, 15) is 32.9 Å². The highest BCUT2D eigenvalue weighted by molar-refractivity contribution is 6.28. The van der Waals surface area contributed by atoms with Gasteiger partial charge in [0.05, 0.1) is 69.9 Å². The number of benzene rings is 24. The fraction of sp³-hybridized carbons (Fsp3) is 0.0236. The maximum Gasteiger partial charge on any atom is 0.136 e. The Hall–Kier alpha value is -16.7. The highest BCUT2D eigenvalue weighted by Crippen LogP contribution is 2.56. The van der Waals surface area contributed by atoms with Crippen LogP contribution < -0.4 is 0 Å². The zero-order valence-corrected chi connectivity index (χ0v) is 67.5. The van der Waals surface area contributed by atoms with Gasteiger partial charge in [-0.3, -0.25) is 0 Å². The van der Waals surface area contributed by atoms with Crippen molar-refractivity contribution in [1.29, 1.82) is 0 Å². The minimum absolute atomic E-state index is 0.0362. The minimum atomic E-state index is -0.738. The van der Waals surface area contributed by atoms with E-state index in [0.717, 1.165) is 22.1 Å². The molecule has 0 bridgehead atoms. The maximum atomic E-state index is 9.85. The quantitative estimate of drug-likeness (QED) is 0.149. The van der Waals surface area contributed by atoms with E-state index in [1.165, 1.54) is 0 Å². The summed E-state index contributed by atoms with van der Waals surface area (Å²) in [5, 5.41) is -5.42. The van der Waals surface area contributed by atoms with Crippen molar-refractivity contribution in [3.63, 3.8) is 0 Å². The second kappa shape index (κ2) is 29.7. The van der Waals surface area contributed by atoms with Gasteiger partial charge in [0, 0.05) is 37.7 Å². The van der Waals surface area contributed by atoms with Gasteiger partial charge in [0.15, 0.2) is 0 Å². The smallest absolute Gasteiger partial charge is 0.136 e. The molecular formula is C127H80O3. The van der Waals surface area contributed by atoms with Crippen molar-refractivity contribution in [1.82, 2.24) is 0 Å². The Morgan fingerprint density at radius 1 is 0.169 bits per heavy atom. The van der Waals surface area contributed by atoms with Crippen LogP contribution >= 0.6 is 0 Å². The van der Waals surface area contributed by atoms with E-state index in [-0.39, 0.29) is 163 Å². The van der Waals surface area contributed by atoms with Crippen LogP contribution in [0.3, 0.4) is 0 Å². The van der Waals surface area contributed by atoms with E-state index < -0.39 is 364 Å². The van der Waals surface area contributed by atoms with E-state index >= 15 is 0 Å². The lowest BCUT2D eigenvalue weighted by molar-refractivity contribution is 0.660. The fourth-order valence-corrected chi connectivity index (χ4v) is 18.4. The van der Waals surface area contributed by atoms with Crippen LogP contribution in [0.5, 0.6) is 0 Å². The first-order chi connectivity index (χ1) is 85.5. The molecule has 28 rings (SSSR count). The second-order valence-corrected chi connectivity index (χ2v) is 31.4. The Morgan fingerprint density at radius 2 is 0.454 bits per heavy atom. The Balaban J connectivity index is 0.000000130. The molecule has 0 radical (unpaired) electrons. The highest BCUT2D eigenvalue weighted by atomic mass is 16.3. The van der Waals surface area contributed by atoms with Crippen LogP contribution in [0.1, 0.15) is 94.9 Å². The van der Waals surface area contributed by atoms with Crippen LogP contribution in [0.25, 0.3) is 263 Å². The third kappa shape index (κ3) is 11.8. The van der Waals surface area contributed by atoms with Gasteiger partial charge in [-0.05, 0) is 280 Å². The van der Waals surface area contributed by atoms with Gasteiger partial charge in [-0.25, -0.2) is 0 Å².